The van der Waals surface area contributed by atoms with Crippen LogP contribution < -0.4 is 5.73 Å². The summed E-state index contributed by atoms with van der Waals surface area (Å²) in [4.78, 5) is 3.92. The second kappa shape index (κ2) is 5.40. The van der Waals surface area contributed by atoms with Crippen LogP contribution in [-0.4, -0.2) is 41.4 Å². The number of sulfonamides is 1. The minimum absolute atomic E-state index is 0.0794. The number of imidazole rings is 1. The lowest BCUT2D eigenvalue weighted by Gasteiger charge is -2.37. The minimum atomic E-state index is -3.68. The van der Waals surface area contributed by atoms with Crippen LogP contribution in [0, 0.1) is 5.92 Å². The Morgan fingerprint density at radius 3 is 2.79 bits per heavy atom. The number of piperidine rings is 1. The summed E-state index contributed by atoms with van der Waals surface area (Å²) in [6.45, 7) is 2.81. The third-order valence-electron chi connectivity index (χ3n) is 3.69. The first kappa shape index (κ1) is 14.8. The van der Waals surface area contributed by atoms with Gasteiger partial charge in [-0.1, -0.05) is 18.5 Å². The maximum absolute atomic E-state index is 12.6. The van der Waals surface area contributed by atoms with E-state index in [2.05, 4.69) is 4.98 Å². The van der Waals surface area contributed by atoms with E-state index in [1.165, 1.54) is 15.2 Å². The summed E-state index contributed by atoms with van der Waals surface area (Å²) in [7, 11) is -2.02. The highest BCUT2D eigenvalue weighted by atomic mass is 35.5. The molecule has 2 atom stereocenters. The highest BCUT2D eigenvalue weighted by Gasteiger charge is 2.38. The van der Waals surface area contributed by atoms with Gasteiger partial charge in [0.1, 0.15) is 5.15 Å². The summed E-state index contributed by atoms with van der Waals surface area (Å²) in [5.74, 6) is 0.246. The van der Waals surface area contributed by atoms with Crippen LogP contribution in [0.1, 0.15) is 19.8 Å². The van der Waals surface area contributed by atoms with Gasteiger partial charge in [-0.15, -0.1) is 0 Å². The second-order valence-corrected chi connectivity index (χ2v) is 7.15. The van der Waals surface area contributed by atoms with Crippen molar-refractivity contribution >= 4 is 21.6 Å². The standard InChI is InChI=1S/C11H19ClN4O2S/c1-8-4-3-5-16(9(8)6-13)19(17,18)11-10(12)15(2)7-14-11/h7-9H,3-6,13H2,1-2H3/t8-,9-/m1/s1. The fourth-order valence-corrected chi connectivity index (χ4v) is 4.70. The Hall–Kier alpha value is -0.630. The predicted molar refractivity (Wildman–Crippen MR) is 73.4 cm³/mol. The largest absolute Gasteiger partial charge is 0.329 e. The normalized spacial score (nSPS) is 25.7. The lowest BCUT2D eigenvalue weighted by atomic mass is 9.93. The summed E-state index contributed by atoms with van der Waals surface area (Å²) in [6.07, 6.45) is 3.23. The fourth-order valence-electron chi connectivity index (χ4n) is 2.54. The number of hydrogen-bond acceptors (Lipinski definition) is 4. The van der Waals surface area contributed by atoms with Gasteiger partial charge in [0.05, 0.1) is 6.33 Å². The first-order valence-electron chi connectivity index (χ1n) is 6.28. The Balaban J connectivity index is 2.41. The summed E-state index contributed by atoms with van der Waals surface area (Å²) in [5.41, 5.74) is 5.74. The maximum Gasteiger partial charge on any atom is 0.263 e. The molecule has 108 valence electrons. The van der Waals surface area contributed by atoms with Crippen molar-refractivity contribution in [2.45, 2.75) is 30.8 Å². The Labute approximate surface area is 118 Å². The van der Waals surface area contributed by atoms with Crippen LogP contribution in [0.15, 0.2) is 11.4 Å². The molecule has 2 rings (SSSR count). The number of nitrogens with zero attached hydrogens (tertiary/aromatic N) is 3. The van der Waals surface area contributed by atoms with E-state index in [4.69, 9.17) is 17.3 Å². The molecule has 0 unspecified atom stereocenters. The molecule has 2 heterocycles. The molecule has 6 nitrogen and oxygen atoms in total. The van der Waals surface area contributed by atoms with Gasteiger partial charge in [-0.05, 0) is 18.8 Å². The third kappa shape index (κ3) is 2.52. The van der Waals surface area contributed by atoms with Gasteiger partial charge in [0.25, 0.3) is 10.0 Å². The van der Waals surface area contributed by atoms with Gasteiger partial charge in [-0.3, -0.25) is 0 Å². The van der Waals surface area contributed by atoms with Gasteiger partial charge in [-0.25, -0.2) is 13.4 Å². The van der Waals surface area contributed by atoms with Crippen LogP contribution in [0.3, 0.4) is 0 Å². The molecule has 1 fully saturated rings. The van der Waals surface area contributed by atoms with Crippen LogP contribution in [-0.2, 0) is 17.1 Å². The van der Waals surface area contributed by atoms with E-state index < -0.39 is 10.0 Å². The molecule has 0 spiro atoms. The van der Waals surface area contributed by atoms with Crippen LogP contribution >= 0.6 is 11.6 Å². The second-order valence-electron chi connectivity index (χ2n) is 4.99. The van der Waals surface area contributed by atoms with Gasteiger partial charge in [0.2, 0.25) is 5.03 Å². The molecule has 0 saturated carbocycles. The molecule has 1 aromatic heterocycles. The molecular weight excluding hydrogens is 288 g/mol. The highest BCUT2D eigenvalue weighted by Crippen LogP contribution is 2.30. The van der Waals surface area contributed by atoms with E-state index >= 15 is 0 Å². The predicted octanol–water partition coefficient (Wildman–Crippen LogP) is 0.821. The lowest BCUT2D eigenvalue weighted by molar-refractivity contribution is 0.192. The SMILES string of the molecule is C[C@@H]1CCCN(S(=O)(=O)c2ncn(C)c2Cl)[C@@H]1CN. The van der Waals surface area contributed by atoms with Crippen molar-refractivity contribution < 1.29 is 8.42 Å². The van der Waals surface area contributed by atoms with Crippen molar-refractivity contribution in [3.05, 3.63) is 11.5 Å². The molecule has 19 heavy (non-hydrogen) atoms. The van der Waals surface area contributed by atoms with Crippen molar-refractivity contribution in [2.75, 3.05) is 13.1 Å². The van der Waals surface area contributed by atoms with Crippen LogP contribution in [0.5, 0.6) is 0 Å². The zero-order valence-corrected chi connectivity index (χ0v) is 12.7. The molecule has 1 saturated heterocycles. The summed E-state index contributed by atoms with van der Waals surface area (Å²) in [5, 5.41) is 0.0539. The van der Waals surface area contributed by atoms with E-state index in [9.17, 15) is 8.42 Å². The average Bonchev–Trinajstić information content (AvgIpc) is 2.70. The van der Waals surface area contributed by atoms with Crippen LogP contribution in [0.2, 0.25) is 5.15 Å². The Morgan fingerprint density at radius 2 is 2.26 bits per heavy atom. The zero-order valence-electron chi connectivity index (χ0n) is 11.1. The molecule has 0 amide bonds. The van der Waals surface area contributed by atoms with Crippen molar-refractivity contribution in [1.82, 2.24) is 13.9 Å². The number of nitrogens with two attached hydrogens (primary N) is 1. The first-order valence-corrected chi connectivity index (χ1v) is 8.10. The van der Waals surface area contributed by atoms with Gasteiger partial charge < -0.3 is 10.3 Å². The van der Waals surface area contributed by atoms with Crippen molar-refractivity contribution in [3.8, 4) is 0 Å². The Bertz CT molecular complexity index is 557. The van der Waals surface area contributed by atoms with Crippen molar-refractivity contribution in [3.63, 3.8) is 0 Å². The summed E-state index contributed by atoms with van der Waals surface area (Å²) >= 11 is 6.00. The fraction of sp³-hybridized carbons (Fsp3) is 0.727. The van der Waals surface area contributed by atoms with Gasteiger partial charge in [0, 0.05) is 26.2 Å². The van der Waals surface area contributed by atoms with E-state index in [-0.39, 0.29) is 22.1 Å². The number of aromatic nitrogens is 2. The molecule has 1 aliphatic rings. The summed E-state index contributed by atoms with van der Waals surface area (Å²) in [6, 6.07) is -0.183. The Morgan fingerprint density at radius 1 is 1.58 bits per heavy atom. The Kier molecular flexibility index (Phi) is 4.20. The van der Waals surface area contributed by atoms with E-state index in [1.807, 2.05) is 6.92 Å². The summed E-state index contributed by atoms with van der Waals surface area (Å²) < 4.78 is 28.2. The molecule has 0 aliphatic carbocycles. The highest BCUT2D eigenvalue weighted by molar-refractivity contribution is 7.89. The molecule has 2 N–H and O–H groups in total. The molecule has 1 aromatic rings. The van der Waals surface area contributed by atoms with Gasteiger partial charge >= 0.3 is 0 Å². The van der Waals surface area contributed by atoms with Gasteiger partial charge in [-0.2, -0.15) is 4.31 Å². The number of rotatable bonds is 3. The molecule has 8 heteroatoms. The quantitative estimate of drug-likeness (QED) is 0.896. The van der Waals surface area contributed by atoms with E-state index in [0.717, 1.165) is 12.8 Å². The third-order valence-corrected chi connectivity index (χ3v) is 6.11. The topological polar surface area (TPSA) is 81.2 Å². The molecule has 0 radical (unpaired) electrons. The first-order chi connectivity index (χ1) is 8.89. The smallest absolute Gasteiger partial charge is 0.263 e. The molecule has 0 aromatic carbocycles. The maximum atomic E-state index is 12.6. The number of aryl methyl sites for hydroxylation is 1. The van der Waals surface area contributed by atoms with Crippen molar-refractivity contribution in [2.24, 2.45) is 18.7 Å². The van der Waals surface area contributed by atoms with Crippen LogP contribution in [0.4, 0.5) is 0 Å². The zero-order chi connectivity index (χ0) is 14.2. The van der Waals surface area contributed by atoms with Crippen LogP contribution in [0.25, 0.3) is 0 Å². The average molecular weight is 307 g/mol. The molecule has 1 aliphatic heterocycles. The van der Waals surface area contributed by atoms with E-state index in [1.54, 1.807) is 7.05 Å². The minimum Gasteiger partial charge on any atom is -0.329 e. The number of hydrogen-bond donors (Lipinski definition) is 1. The lowest BCUT2D eigenvalue weighted by Crippen LogP contribution is -2.51. The molecular formula is C11H19ClN4O2S. The van der Waals surface area contributed by atoms with Crippen molar-refractivity contribution in [1.29, 1.82) is 0 Å². The van der Waals surface area contributed by atoms with Gasteiger partial charge in [0.15, 0.2) is 0 Å². The monoisotopic (exact) mass is 306 g/mol. The van der Waals surface area contributed by atoms with E-state index in [0.29, 0.717) is 13.1 Å². The number of halogens is 1. The molecule has 0 bridgehead atoms.